The first-order valence-electron chi connectivity index (χ1n) is 19.2. The van der Waals surface area contributed by atoms with E-state index in [2.05, 4.69) is 191 Å². The molecule has 0 spiro atoms. The highest BCUT2D eigenvalue weighted by atomic mass is 15.1. The molecule has 0 radical (unpaired) electrons. The molecule has 0 amide bonds. The third-order valence-corrected chi connectivity index (χ3v) is 11.0. The predicted molar refractivity (Wildman–Crippen MR) is 236 cm³/mol. The number of amidine groups is 2. The van der Waals surface area contributed by atoms with E-state index < -0.39 is 0 Å². The zero-order chi connectivity index (χ0) is 37.4. The summed E-state index contributed by atoms with van der Waals surface area (Å²) in [5.74, 6) is 1.12. The van der Waals surface area contributed by atoms with Crippen LogP contribution in [0.15, 0.2) is 204 Å². The molecule has 1 aliphatic rings. The van der Waals surface area contributed by atoms with Crippen molar-refractivity contribution < 1.29 is 0 Å². The number of fused-ring (bicyclic) bond motifs is 6. The molecule has 1 aliphatic carbocycles. The van der Waals surface area contributed by atoms with Gasteiger partial charge in [0.15, 0.2) is 5.84 Å². The summed E-state index contributed by atoms with van der Waals surface area (Å²) in [6.45, 7) is 0.384. The van der Waals surface area contributed by atoms with Gasteiger partial charge >= 0.3 is 0 Å². The zero-order valence-corrected chi connectivity index (χ0v) is 30.9. The molecule has 2 heterocycles. The number of para-hydroxylation sites is 3. The Labute approximate surface area is 325 Å². The van der Waals surface area contributed by atoms with E-state index in [-0.39, 0.29) is 0 Å². The lowest BCUT2D eigenvalue weighted by Crippen LogP contribution is -2.18. The predicted octanol–water partition coefficient (Wildman–Crippen LogP) is 12.3. The van der Waals surface area contributed by atoms with Crippen LogP contribution in [0.4, 0.5) is 0 Å². The topological polar surface area (TPSA) is 60.6 Å². The Morgan fingerprint density at radius 3 is 1.88 bits per heavy atom. The minimum atomic E-state index is 0.384. The third kappa shape index (κ3) is 6.00. The number of aliphatic imine (C=N–C) groups is 2. The summed E-state index contributed by atoms with van der Waals surface area (Å²) in [5.41, 5.74) is 19.1. The van der Waals surface area contributed by atoms with Gasteiger partial charge in [0, 0.05) is 32.8 Å². The van der Waals surface area contributed by atoms with E-state index in [1.807, 2.05) is 6.07 Å². The molecule has 5 heteroatoms. The van der Waals surface area contributed by atoms with Gasteiger partial charge in [-0.1, -0.05) is 133 Å². The molecule has 268 valence electrons. The van der Waals surface area contributed by atoms with Crippen LogP contribution in [0.3, 0.4) is 0 Å². The first-order valence-corrected chi connectivity index (χ1v) is 19.2. The second-order valence-corrected chi connectivity index (χ2v) is 14.3. The van der Waals surface area contributed by atoms with Gasteiger partial charge in [0.05, 0.1) is 22.1 Å². The lowest BCUT2D eigenvalue weighted by atomic mass is 10.0. The van der Waals surface area contributed by atoms with Gasteiger partial charge in [0.2, 0.25) is 0 Å². The lowest BCUT2D eigenvalue weighted by Gasteiger charge is -2.12. The van der Waals surface area contributed by atoms with Crippen molar-refractivity contribution in [3.05, 3.63) is 199 Å². The van der Waals surface area contributed by atoms with E-state index in [1.54, 1.807) is 0 Å². The van der Waals surface area contributed by atoms with E-state index in [0.717, 1.165) is 51.8 Å². The summed E-state index contributed by atoms with van der Waals surface area (Å²) in [5, 5.41) is 4.86. The summed E-state index contributed by atoms with van der Waals surface area (Å²) in [4.78, 5) is 10.3. The molecular formula is C51H39N5. The van der Waals surface area contributed by atoms with Gasteiger partial charge in [-0.2, -0.15) is 0 Å². The fourth-order valence-corrected chi connectivity index (χ4v) is 8.19. The minimum Gasteiger partial charge on any atom is -0.383 e. The summed E-state index contributed by atoms with van der Waals surface area (Å²) >= 11 is 0. The summed E-state index contributed by atoms with van der Waals surface area (Å²) in [6, 6.07) is 60.4. The Kier molecular flexibility index (Phi) is 8.45. The Bertz CT molecular complexity index is 3050. The largest absolute Gasteiger partial charge is 0.383 e. The molecule has 7 aromatic carbocycles. The van der Waals surface area contributed by atoms with Crippen LogP contribution >= 0.6 is 0 Å². The number of allylic oxidation sites excluding steroid dienone is 3. The lowest BCUT2D eigenvalue weighted by molar-refractivity contribution is 0.791. The molecule has 0 aliphatic heterocycles. The van der Waals surface area contributed by atoms with Crippen molar-refractivity contribution in [2.24, 2.45) is 15.7 Å². The second kappa shape index (κ2) is 14.2. The monoisotopic (exact) mass is 721 g/mol. The number of hydrogen-bond donors (Lipinski definition) is 1. The molecule has 0 saturated carbocycles. The van der Waals surface area contributed by atoms with E-state index in [1.165, 1.54) is 43.7 Å². The summed E-state index contributed by atoms with van der Waals surface area (Å²) in [7, 11) is 0. The number of nitrogens with zero attached hydrogens (tertiary/aromatic N) is 4. The maximum atomic E-state index is 6.69. The molecule has 0 fully saturated rings. The van der Waals surface area contributed by atoms with Crippen molar-refractivity contribution in [3.63, 3.8) is 0 Å². The first-order chi connectivity index (χ1) is 27.7. The van der Waals surface area contributed by atoms with Crippen LogP contribution in [0.1, 0.15) is 18.4 Å². The average Bonchev–Trinajstić information content (AvgIpc) is 3.77. The van der Waals surface area contributed by atoms with Crippen LogP contribution in [0.5, 0.6) is 0 Å². The quantitative estimate of drug-likeness (QED) is 0.129. The van der Waals surface area contributed by atoms with Crippen molar-refractivity contribution in [2.75, 3.05) is 0 Å². The molecule has 0 saturated heterocycles. The first kappa shape index (κ1) is 33.3. The van der Waals surface area contributed by atoms with Crippen LogP contribution in [-0.4, -0.2) is 20.8 Å². The number of nitrogens with two attached hydrogens (primary N) is 1. The van der Waals surface area contributed by atoms with Crippen molar-refractivity contribution in [2.45, 2.75) is 19.5 Å². The van der Waals surface area contributed by atoms with E-state index in [9.17, 15) is 0 Å². The van der Waals surface area contributed by atoms with Gasteiger partial charge in [-0.15, -0.1) is 0 Å². The smallest absolute Gasteiger partial charge is 0.158 e. The molecule has 0 bridgehead atoms. The molecular weight excluding hydrogens is 683 g/mol. The summed E-state index contributed by atoms with van der Waals surface area (Å²) < 4.78 is 4.65. The Balaban J connectivity index is 1.08. The summed E-state index contributed by atoms with van der Waals surface area (Å²) in [6.07, 6.45) is 8.09. The number of rotatable bonds is 7. The van der Waals surface area contributed by atoms with Crippen molar-refractivity contribution in [3.8, 4) is 27.9 Å². The normalized spacial score (nSPS) is 13.6. The SMILES string of the molecule is NC(=NC(=NCn1c2ccccc2c2cc(-c3ccc4c(c3)c3ccccc3n4-c3ccccc3)ccc21)c1cccc(-c2ccccc2)c1)C1=CC=CCC1. The van der Waals surface area contributed by atoms with Gasteiger partial charge in [-0.25, -0.2) is 9.98 Å². The van der Waals surface area contributed by atoms with Crippen LogP contribution < -0.4 is 5.73 Å². The van der Waals surface area contributed by atoms with Crippen LogP contribution in [0.2, 0.25) is 0 Å². The molecule has 56 heavy (non-hydrogen) atoms. The minimum absolute atomic E-state index is 0.384. The van der Waals surface area contributed by atoms with Crippen LogP contribution in [0.25, 0.3) is 71.6 Å². The average molecular weight is 722 g/mol. The number of benzene rings is 7. The van der Waals surface area contributed by atoms with Crippen molar-refractivity contribution >= 4 is 55.3 Å². The van der Waals surface area contributed by atoms with Crippen LogP contribution in [-0.2, 0) is 6.67 Å². The van der Waals surface area contributed by atoms with Gasteiger partial charge < -0.3 is 14.9 Å². The Morgan fingerprint density at radius 1 is 0.536 bits per heavy atom. The van der Waals surface area contributed by atoms with E-state index >= 15 is 0 Å². The van der Waals surface area contributed by atoms with Crippen LogP contribution in [0, 0.1) is 0 Å². The van der Waals surface area contributed by atoms with E-state index in [0.29, 0.717) is 18.3 Å². The number of hydrogen-bond acceptors (Lipinski definition) is 1. The Morgan fingerprint density at radius 2 is 1.12 bits per heavy atom. The van der Waals surface area contributed by atoms with Crippen molar-refractivity contribution in [1.29, 1.82) is 0 Å². The van der Waals surface area contributed by atoms with Gasteiger partial charge in [0.25, 0.3) is 0 Å². The van der Waals surface area contributed by atoms with E-state index in [4.69, 9.17) is 15.7 Å². The highest BCUT2D eigenvalue weighted by Gasteiger charge is 2.16. The second-order valence-electron chi connectivity index (χ2n) is 14.3. The highest BCUT2D eigenvalue weighted by Crippen LogP contribution is 2.37. The molecule has 5 nitrogen and oxygen atoms in total. The standard InChI is InChI=1S/C51H39N5/c52-50(36-17-6-2-7-18-36)54-51(40-20-14-19-37(31-40)35-15-4-1-5-16-35)53-34-55-46-25-12-10-23-42(46)44-32-38(27-29-47(44)55)39-28-30-49-45(33-39)43-24-11-13-26-48(43)56(49)41-21-8-3-9-22-41/h1-6,8-17,19-33H,7,18,34H2,(H2,52,53,54). The maximum absolute atomic E-state index is 6.69. The molecule has 0 unspecified atom stereocenters. The molecule has 2 N–H and O–H groups in total. The fraction of sp³-hybridized carbons (Fsp3) is 0.0588. The molecule has 0 atom stereocenters. The maximum Gasteiger partial charge on any atom is 0.158 e. The highest BCUT2D eigenvalue weighted by molar-refractivity contribution is 6.13. The Hall–Kier alpha value is -7.24. The molecule has 9 aromatic rings. The molecule has 2 aromatic heterocycles. The van der Waals surface area contributed by atoms with Crippen molar-refractivity contribution in [1.82, 2.24) is 9.13 Å². The third-order valence-electron chi connectivity index (χ3n) is 11.0. The van der Waals surface area contributed by atoms with Gasteiger partial charge in [-0.3, -0.25) is 0 Å². The zero-order valence-electron chi connectivity index (χ0n) is 30.9. The molecule has 10 rings (SSSR count). The van der Waals surface area contributed by atoms with Gasteiger partial charge in [-0.05, 0) is 95.3 Å². The van der Waals surface area contributed by atoms with Gasteiger partial charge in [0.1, 0.15) is 12.5 Å². The fourth-order valence-electron chi connectivity index (χ4n) is 8.19. The number of aromatic nitrogens is 2.